The predicted octanol–water partition coefficient (Wildman–Crippen LogP) is 4.91. The Morgan fingerprint density at radius 1 is 1.43 bits per heavy atom. The number of nitriles is 1. The van der Waals surface area contributed by atoms with E-state index in [0.29, 0.717) is 38.9 Å². The Kier molecular flexibility index (Phi) is 6.55. The van der Waals surface area contributed by atoms with Crippen LogP contribution < -0.4 is 15.8 Å². The number of nitrogens with zero attached hydrogens (tertiary/aromatic N) is 2. The second-order valence-corrected chi connectivity index (χ2v) is 7.17. The summed E-state index contributed by atoms with van der Waals surface area (Å²) in [6.45, 7) is 0. The smallest absolute Gasteiger partial charge is 0.249 e. The molecule has 0 aliphatic rings. The summed E-state index contributed by atoms with van der Waals surface area (Å²) in [7, 11) is 1.47. The fourth-order valence-electron chi connectivity index (χ4n) is 2.96. The molecule has 1 amide bonds. The molecule has 3 N–H and O–H groups in total. The zero-order chi connectivity index (χ0) is 21.8. The number of rotatable bonds is 6. The van der Waals surface area contributed by atoms with Gasteiger partial charge in [0.2, 0.25) is 5.91 Å². The first-order valence-corrected chi connectivity index (χ1v) is 10.1. The fraction of sp³-hybridized carbons (Fsp3) is 0.0952. The third-order valence-electron chi connectivity index (χ3n) is 4.34. The van der Waals surface area contributed by atoms with Crippen LogP contribution in [0.15, 0.2) is 42.6 Å². The number of allylic oxidation sites excluding steroid dienone is 1. The maximum absolute atomic E-state index is 13.5. The van der Waals surface area contributed by atoms with Crippen LogP contribution in [0.4, 0.5) is 15.8 Å². The van der Waals surface area contributed by atoms with Crippen LogP contribution in [0.1, 0.15) is 11.1 Å². The zero-order valence-electron chi connectivity index (χ0n) is 15.7. The summed E-state index contributed by atoms with van der Waals surface area (Å²) in [6, 6.07) is 9.54. The molecule has 3 rings (SSSR count). The number of primary amides is 1. The van der Waals surface area contributed by atoms with Gasteiger partial charge in [-0.25, -0.2) is 4.39 Å². The van der Waals surface area contributed by atoms with Crippen LogP contribution in [0.3, 0.4) is 0 Å². The number of anilines is 2. The minimum absolute atomic E-state index is 0.0597. The molecule has 2 aromatic carbocycles. The summed E-state index contributed by atoms with van der Waals surface area (Å²) in [5.41, 5.74) is 7.94. The van der Waals surface area contributed by atoms with Crippen LogP contribution in [0.25, 0.3) is 16.5 Å². The average Bonchev–Trinajstić information content (AvgIpc) is 2.73. The highest BCUT2D eigenvalue weighted by molar-refractivity contribution is 9.09. The van der Waals surface area contributed by atoms with E-state index in [-0.39, 0.29) is 16.2 Å². The van der Waals surface area contributed by atoms with Gasteiger partial charge in [-0.1, -0.05) is 33.6 Å². The molecule has 1 aromatic heterocycles. The lowest BCUT2D eigenvalue weighted by atomic mass is 9.99. The number of halogens is 3. The number of pyridine rings is 1. The van der Waals surface area contributed by atoms with Crippen molar-refractivity contribution >= 4 is 61.3 Å². The molecule has 0 fully saturated rings. The Bertz CT molecular complexity index is 1220. The molecule has 3 aromatic rings. The van der Waals surface area contributed by atoms with E-state index in [1.165, 1.54) is 31.5 Å². The number of hydrogen-bond acceptors (Lipinski definition) is 5. The molecule has 6 nitrogen and oxygen atoms in total. The van der Waals surface area contributed by atoms with Crippen molar-refractivity contribution in [2.24, 2.45) is 5.73 Å². The van der Waals surface area contributed by atoms with Crippen LogP contribution in [0.5, 0.6) is 5.75 Å². The number of alkyl halides is 1. The van der Waals surface area contributed by atoms with Gasteiger partial charge in [-0.05, 0) is 24.3 Å². The zero-order valence-corrected chi connectivity index (χ0v) is 18.0. The van der Waals surface area contributed by atoms with Gasteiger partial charge in [0.15, 0.2) is 0 Å². The number of hydrogen-bond donors (Lipinski definition) is 2. The van der Waals surface area contributed by atoms with Crippen molar-refractivity contribution in [2.45, 2.75) is 0 Å². The van der Waals surface area contributed by atoms with E-state index in [1.54, 1.807) is 18.2 Å². The second kappa shape index (κ2) is 9.11. The Morgan fingerprint density at radius 2 is 2.20 bits per heavy atom. The Hall–Kier alpha value is -3.15. The van der Waals surface area contributed by atoms with E-state index in [0.717, 1.165) is 0 Å². The van der Waals surface area contributed by atoms with Crippen molar-refractivity contribution in [2.75, 3.05) is 17.8 Å². The number of fused-ring (bicyclic) bond motifs is 1. The third-order valence-corrected chi connectivity index (χ3v) is 4.95. The molecule has 0 spiro atoms. The normalized spacial score (nSPS) is 11.2. The molecule has 0 aliphatic carbocycles. The molecule has 0 saturated carbocycles. The molecular formula is C21H15BrClFN4O2. The number of aromatic nitrogens is 1. The SMILES string of the molecule is COc1cc2ncc(C#N)c(Nc3ccc(F)c(Cl)c3)c2cc1C(=CCBr)C(N)=O. The molecule has 9 heteroatoms. The summed E-state index contributed by atoms with van der Waals surface area (Å²) in [5, 5.41) is 13.6. The van der Waals surface area contributed by atoms with Gasteiger partial charge in [-0.15, -0.1) is 0 Å². The Balaban J connectivity index is 2.28. The van der Waals surface area contributed by atoms with Crippen molar-refractivity contribution in [3.05, 3.63) is 64.6 Å². The maximum Gasteiger partial charge on any atom is 0.249 e. The molecule has 152 valence electrons. The van der Waals surface area contributed by atoms with Crippen LogP contribution >= 0.6 is 27.5 Å². The van der Waals surface area contributed by atoms with Crippen LogP contribution in [-0.2, 0) is 4.79 Å². The minimum atomic E-state index is -0.628. The number of carbonyl (C=O) groups excluding carboxylic acids is 1. The van der Waals surface area contributed by atoms with Crippen molar-refractivity contribution in [3.63, 3.8) is 0 Å². The number of benzene rings is 2. The average molecular weight is 490 g/mol. The van der Waals surface area contributed by atoms with E-state index in [2.05, 4.69) is 32.3 Å². The molecule has 1 heterocycles. The molecule has 30 heavy (non-hydrogen) atoms. The van der Waals surface area contributed by atoms with Crippen LogP contribution in [-0.4, -0.2) is 23.3 Å². The summed E-state index contributed by atoms with van der Waals surface area (Å²) < 4.78 is 18.9. The quantitative estimate of drug-likeness (QED) is 0.378. The molecule has 0 unspecified atom stereocenters. The summed E-state index contributed by atoms with van der Waals surface area (Å²) in [4.78, 5) is 16.3. The standard InChI is InChI=1S/C21H15BrClFN4O2/c1-30-19-8-18-15(7-14(19)13(4-5-22)21(26)29)20(11(9-25)10-27-18)28-12-2-3-17(24)16(23)6-12/h2-4,6-8,10H,5H2,1H3,(H2,26,29)(H,27,28). The van der Waals surface area contributed by atoms with Gasteiger partial charge in [-0.3, -0.25) is 9.78 Å². The predicted molar refractivity (Wildman–Crippen MR) is 119 cm³/mol. The van der Waals surface area contributed by atoms with E-state index < -0.39 is 11.7 Å². The van der Waals surface area contributed by atoms with Gasteiger partial charge in [-0.2, -0.15) is 5.26 Å². The molecule has 0 aliphatic heterocycles. The number of nitrogens with one attached hydrogen (secondary N) is 1. The van der Waals surface area contributed by atoms with Gasteiger partial charge in [0.1, 0.15) is 17.6 Å². The van der Waals surface area contributed by atoms with Gasteiger partial charge in [0, 0.05) is 39.8 Å². The minimum Gasteiger partial charge on any atom is -0.496 e. The van der Waals surface area contributed by atoms with E-state index in [1.807, 2.05) is 0 Å². The van der Waals surface area contributed by atoms with E-state index in [9.17, 15) is 14.4 Å². The third kappa shape index (κ3) is 4.22. The number of amides is 1. The van der Waals surface area contributed by atoms with Crippen LogP contribution in [0, 0.1) is 17.1 Å². The highest BCUT2D eigenvalue weighted by atomic mass is 79.9. The van der Waals surface area contributed by atoms with Gasteiger partial charge < -0.3 is 15.8 Å². The highest BCUT2D eigenvalue weighted by Gasteiger charge is 2.18. The number of methoxy groups -OCH3 is 1. The Morgan fingerprint density at radius 3 is 2.80 bits per heavy atom. The largest absolute Gasteiger partial charge is 0.496 e. The second-order valence-electron chi connectivity index (χ2n) is 6.12. The number of carbonyl (C=O) groups is 1. The topological polar surface area (TPSA) is 101 Å². The molecular weight excluding hydrogens is 475 g/mol. The number of nitrogens with two attached hydrogens (primary N) is 1. The highest BCUT2D eigenvalue weighted by Crippen LogP contribution is 2.36. The molecule has 0 saturated heterocycles. The van der Waals surface area contributed by atoms with Gasteiger partial charge in [0.05, 0.1) is 28.9 Å². The number of ether oxygens (including phenoxy) is 1. The lowest BCUT2D eigenvalue weighted by Gasteiger charge is -2.16. The fourth-order valence-corrected chi connectivity index (χ4v) is 3.46. The lowest BCUT2D eigenvalue weighted by molar-refractivity contribution is -0.112. The van der Waals surface area contributed by atoms with Crippen LogP contribution in [0.2, 0.25) is 5.02 Å². The molecule has 0 atom stereocenters. The summed E-state index contributed by atoms with van der Waals surface area (Å²) in [6.07, 6.45) is 3.04. The Labute approximate surface area is 185 Å². The van der Waals surface area contributed by atoms with E-state index in [4.69, 9.17) is 22.1 Å². The van der Waals surface area contributed by atoms with E-state index >= 15 is 0 Å². The van der Waals surface area contributed by atoms with Crippen molar-refractivity contribution < 1.29 is 13.9 Å². The first-order valence-electron chi connectivity index (χ1n) is 8.58. The molecule has 0 radical (unpaired) electrons. The van der Waals surface area contributed by atoms with Gasteiger partial charge in [0.25, 0.3) is 0 Å². The van der Waals surface area contributed by atoms with Crippen molar-refractivity contribution in [1.82, 2.24) is 4.98 Å². The van der Waals surface area contributed by atoms with Gasteiger partial charge >= 0.3 is 0 Å². The van der Waals surface area contributed by atoms with Crippen molar-refractivity contribution in [3.8, 4) is 11.8 Å². The lowest BCUT2D eigenvalue weighted by Crippen LogP contribution is -2.14. The first-order chi connectivity index (χ1) is 14.4. The maximum atomic E-state index is 13.5. The first kappa shape index (κ1) is 21.6. The summed E-state index contributed by atoms with van der Waals surface area (Å²) >= 11 is 9.15. The van der Waals surface area contributed by atoms with Crippen molar-refractivity contribution in [1.29, 1.82) is 5.26 Å². The monoisotopic (exact) mass is 488 g/mol. The summed E-state index contributed by atoms with van der Waals surface area (Å²) in [5.74, 6) is -0.779. The molecule has 0 bridgehead atoms.